The SMILES string of the molecule is Nc1c(Cl)cccc1C(=O)OCCc1ccncc1. The predicted molar refractivity (Wildman–Crippen MR) is 74.1 cm³/mol. The lowest BCUT2D eigenvalue weighted by Crippen LogP contribution is -2.10. The summed E-state index contributed by atoms with van der Waals surface area (Å²) in [6.07, 6.45) is 4.03. The summed E-state index contributed by atoms with van der Waals surface area (Å²) < 4.78 is 5.17. The summed E-state index contributed by atoms with van der Waals surface area (Å²) >= 11 is 5.85. The summed E-state index contributed by atoms with van der Waals surface area (Å²) in [5, 5.41) is 0.351. The monoisotopic (exact) mass is 276 g/mol. The van der Waals surface area contributed by atoms with Crippen molar-refractivity contribution >= 4 is 23.3 Å². The van der Waals surface area contributed by atoms with Crippen LogP contribution in [0.3, 0.4) is 0 Å². The van der Waals surface area contributed by atoms with Gasteiger partial charge in [0, 0.05) is 18.8 Å². The summed E-state index contributed by atoms with van der Waals surface area (Å²) in [7, 11) is 0. The van der Waals surface area contributed by atoms with E-state index in [0.717, 1.165) is 5.56 Å². The molecule has 4 nitrogen and oxygen atoms in total. The van der Waals surface area contributed by atoms with Gasteiger partial charge in [-0.3, -0.25) is 4.98 Å². The fraction of sp³-hybridized carbons (Fsp3) is 0.143. The van der Waals surface area contributed by atoms with Crippen molar-refractivity contribution in [1.82, 2.24) is 4.98 Å². The number of nitrogens with zero attached hydrogens (tertiary/aromatic N) is 1. The lowest BCUT2D eigenvalue weighted by atomic mass is 10.2. The Bertz CT molecular complexity index is 573. The largest absolute Gasteiger partial charge is 0.462 e. The molecule has 0 radical (unpaired) electrons. The van der Waals surface area contributed by atoms with Crippen molar-refractivity contribution in [3.05, 3.63) is 58.9 Å². The van der Waals surface area contributed by atoms with Crippen LogP contribution < -0.4 is 5.73 Å². The van der Waals surface area contributed by atoms with Gasteiger partial charge in [0.1, 0.15) is 0 Å². The minimum atomic E-state index is -0.464. The van der Waals surface area contributed by atoms with E-state index in [9.17, 15) is 4.79 Å². The van der Waals surface area contributed by atoms with Gasteiger partial charge in [0.05, 0.1) is 22.9 Å². The van der Waals surface area contributed by atoms with E-state index in [1.54, 1.807) is 30.6 Å². The van der Waals surface area contributed by atoms with Crippen LogP contribution in [0.25, 0.3) is 0 Å². The Morgan fingerprint density at radius 2 is 2.00 bits per heavy atom. The number of rotatable bonds is 4. The number of ether oxygens (including phenoxy) is 1. The van der Waals surface area contributed by atoms with E-state index in [1.807, 2.05) is 12.1 Å². The van der Waals surface area contributed by atoms with E-state index < -0.39 is 5.97 Å². The van der Waals surface area contributed by atoms with Gasteiger partial charge in [-0.05, 0) is 29.8 Å². The Morgan fingerprint density at radius 1 is 1.26 bits per heavy atom. The van der Waals surface area contributed by atoms with E-state index in [0.29, 0.717) is 17.0 Å². The maximum absolute atomic E-state index is 11.8. The van der Waals surface area contributed by atoms with Crippen molar-refractivity contribution in [2.75, 3.05) is 12.3 Å². The van der Waals surface area contributed by atoms with Crippen LogP contribution in [0.4, 0.5) is 5.69 Å². The fourth-order valence-electron chi connectivity index (χ4n) is 1.60. The van der Waals surface area contributed by atoms with Crippen molar-refractivity contribution < 1.29 is 9.53 Å². The highest BCUT2D eigenvalue weighted by atomic mass is 35.5. The molecule has 2 rings (SSSR count). The van der Waals surface area contributed by atoms with Gasteiger partial charge in [-0.25, -0.2) is 4.79 Å². The molecule has 0 atom stereocenters. The van der Waals surface area contributed by atoms with Crippen LogP contribution >= 0.6 is 11.6 Å². The first-order chi connectivity index (χ1) is 9.18. The van der Waals surface area contributed by atoms with E-state index in [-0.39, 0.29) is 12.3 Å². The number of hydrogen-bond acceptors (Lipinski definition) is 4. The molecule has 0 amide bonds. The molecule has 0 fully saturated rings. The average Bonchev–Trinajstić information content (AvgIpc) is 2.43. The Hall–Kier alpha value is -2.07. The molecule has 0 bridgehead atoms. The quantitative estimate of drug-likeness (QED) is 0.689. The molecule has 0 unspecified atom stereocenters. The highest BCUT2D eigenvalue weighted by molar-refractivity contribution is 6.33. The molecular formula is C14H13ClN2O2. The summed E-state index contributed by atoms with van der Waals surface area (Å²) in [5.41, 5.74) is 7.32. The minimum absolute atomic E-state index is 0.248. The molecular weight excluding hydrogens is 264 g/mol. The van der Waals surface area contributed by atoms with Crippen molar-refractivity contribution in [2.24, 2.45) is 0 Å². The number of nitrogens with two attached hydrogens (primary N) is 1. The second kappa shape index (κ2) is 6.20. The van der Waals surface area contributed by atoms with Gasteiger partial charge >= 0.3 is 5.97 Å². The number of aromatic nitrogens is 1. The van der Waals surface area contributed by atoms with Crippen LogP contribution in [-0.2, 0) is 11.2 Å². The van der Waals surface area contributed by atoms with E-state index >= 15 is 0 Å². The highest BCUT2D eigenvalue weighted by Crippen LogP contribution is 2.22. The summed E-state index contributed by atoms with van der Waals surface area (Å²) in [6, 6.07) is 8.64. The molecule has 19 heavy (non-hydrogen) atoms. The maximum atomic E-state index is 11.8. The second-order valence-corrected chi connectivity index (χ2v) is 4.35. The minimum Gasteiger partial charge on any atom is -0.462 e. The third-order valence-electron chi connectivity index (χ3n) is 2.65. The molecule has 1 heterocycles. The zero-order valence-electron chi connectivity index (χ0n) is 10.2. The van der Waals surface area contributed by atoms with Crippen molar-refractivity contribution in [1.29, 1.82) is 0 Å². The number of hydrogen-bond donors (Lipinski definition) is 1. The van der Waals surface area contributed by atoms with Crippen LogP contribution in [0, 0.1) is 0 Å². The maximum Gasteiger partial charge on any atom is 0.340 e. The Labute approximate surface area is 116 Å². The van der Waals surface area contributed by atoms with E-state index in [2.05, 4.69) is 4.98 Å². The smallest absolute Gasteiger partial charge is 0.340 e. The van der Waals surface area contributed by atoms with E-state index in [4.69, 9.17) is 22.1 Å². The number of anilines is 1. The van der Waals surface area contributed by atoms with E-state index in [1.165, 1.54) is 0 Å². The molecule has 0 spiro atoms. The Balaban J connectivity index is 1.93. The van der Waals surface area contributed by atoms with Crippen molar-refractivity contribution in [3.63, 3.8) is 0 Å². The lowest BCUT2D eigenvalue weighted by Gasteiger charge is -2.07. The zero-order valence-corrected chi connectivity index (χ0v) is 10.9. The second-order valence-electron chi connectivity index (χ2n) is 3.94. The summed E-state index contributed by atoms with van der Waals surface area (Å²) in [4.78, 5) is 15.8. The van der Waals surface area contributed by atoms with Crippen LogP contribution in [0.15, 0.2) is 42.7 Å². The normalized spacial score (nSPS) is 10.2. The van der Waals surface area contributed by atoms with Crippen LogP contribution in [0.2, 0.25) is 5.02 Å². The lowest BCUT2D eigenvalue weighted by molar-refractivity contribution is 0.0510. The van der Waals surface area contributed by atoms with Gasteiger partial charge in [0.15, 0.2) is 0 Å². The van der Waals surface area contributed by atoms with Gasteiger partial charge in [0.25, 0.3) is 0 Å². The first kappa shape index (κ1) is 13.4. The third-order valence-corrected chi connectivity index (χ3v) is 2.98. The molecule has 1 aromatic heterocycles. The molecule has 0 aliphatic heterocycles. The molecule has 5 heteroatoms. The third kappa shape index (κ3) is 3.45. The number of esters is 1. The number of benzene rings is 1. The van der Waals surface area contributed by atoms with Gasteiger partial charge < -0.3 is 10.5 Å². The zero-order chi connectivity index (χ0) is 13.7. The molecule has 0 saturated carbocycles. The van der Waals surface area contributed by atoms with Crippen LogP contribution in [-0.4, -0.2) is 17.6 Å². The number of nitrogen functional groups attached to an aromatic ring is 1. The van der Waals surface area contributed by atoms with Crippen LogP contribution in [0.1, 0.15) is 15.9 Å². The molecule has 0 saturated heterocycles. The number of pyridine rings is 1. The van der Waals surface area contributed by atoms with Gasteiger partial charge in [-0.15, -0.1) is 0 Å². The van der Waals surface area contributed by atoms with Crippen molar-refractivity contribution in [3.8, 4) is 0 Å². The number of carbonyl (C=O) groups excluding carboxylic acids is 1. The Kier molecular flexibility index (Phi) is 4.36. The standard InChI is InChI=1S/C14H13ClN2O2/c15-12-3-1-2-11(13(12)16)14(18)19-9-6-10-4-7-17-8-5-10/h1-5,7-8H,6,9,16H2. The first-order valence-corrected chi connectivity index (χ1v) is 6.16. The molecule has 2 N–H and O–H groups in total. The van der Waals surface area contributed by atoms with Gasteiger partial charge in [-0.2, -0.15) is 0 Å². The van der Waals surface area contributed by atoms with Crippen molar-refractivity contribution in [2.45, 2.75) is 6.42 Å². The fourth-order valence-corrected chi connectivity index (χ4v) is 1.78. The highest BCUT2D eigenvalue weighted by Gasteiger charge is 2.12. The summed E-state index contributed by atoms with van der Waals surface area (Å²) in [5.74, 6) is -0.464. The first-order valence-electron chi connectivity index (χ1n) is 5.78. The number of halogens is 1. The molecule has 98 valence electrons. The predicted octanol–water partition coefficient (Wildman–Crippen LogP) is 2.72. The summed E-state index contributed by atoms with van der Waals surface area (Å²) in [6.45, 7) is 0.287. The van der Waals surface area contributed by atoms with Gasteiger partial charge in [0.2, 0.25) is 0 Å². The Morgan fingerprint density at radius 3 is 2.74 bits per heavy atom. The molecule has 2 aromatic rings. The number of para-hydroxylation sites is 1. The molecule has 1 aromatic carbocycles. The van der Waals surface area contributed by atoms with Crippen LogP contribution in [0.5, 0.6) is 0 Å². The average molecular weight is 277 g/mol. The topological polar surface area (TPSA) is 65.2 Å². The number of carbonyl (C=O) groups is 1. The van der Waals surface area contributed by atoms with Gasteiger partial charge in [-0.1, -0.05) is 17.7 Å². The molecule has 0 aliphatic rings. The molecule has 0 aliphatic carbocycles.